The van der Waals surface area contributed by atoms with E-state index in [9.17, 15) is 9.59 Å². The van der Waals surface area contributed by atoms with Crippen molar-refractivity contribution in [3.63, 3.8) is 0 Å². The molecule has 7 nitrogen and oxygen atoms in total. The van der Waals surface area contributed by atoms with Gasteiger partial charge in [-0.15, -0.1) is 11.3 Å². The molecule has 0 unspecified atom stereocenters. The molecule has 1 aromatic heterocycles. The molecule has 1 amide bonds. The highest BCUT2D eigenvalue weighted by molar-refractivity contribution is 7.09. The van der Waals surface area contributed by atoms with Crippen molar-refractivity contribution in [3.8, 4) is 11.5 Å². The number of benzene rings is 1. The Kier molecular flexibility index (Phi) is 6.79. The number of aromatic nitrogens is 1. The molecule has 1 heterocycles. The van der Waals surface area contributed by atoms with Crippen LogP contribution in [0, 0.1) is 0 Å². The SMILES string of the molecule is CCC(CC)(C(=O)NCc1nc(C(=O)O)cs1)c1ccc(OC)c(OC)c1. The molecule has 0 radical (unpaired) electrons. The largest absolute Gasteiger partial charge is 0.493 e. The zero-order valence-electron chi connectivity index (χ0n) is 15.9. The Labute approximate surface area is 162 Å². The van der Waals surface area contributed by atoms with E-state index in [1.165, 1.54) is 16.7 Å². The van der Waals surface area contributed by atoms with Crippen LogP contribution in [0.2, 0.25) is 0 Å². The third kappa shape index (κ3) is 4.21. The van der Waals surface area contributed by atoms with E-state index in [1.807, 2.05) is 26.0 Å². The van der Waals surface area contributed by atoms with E-state index in [4.69, 9.17) is 14.6 Å². The minimum atomic E-state index is -1.08. The Morgan fingerprint density at radius 3 is 2.37 bits per heavy atom. The zero-order valence-corrected chi connectivity index (χ0v) is 16.7. The highest BCUT2D eigenvalue weighted by atomic mass is 32.1. The summed E-state index contributed by atoms with van der Waals surface area (Å²) in [6.45, 7) is 4.11. The molecule has 0 saturated heterocycles. The molecule has 0 spiro atoms. The molecular formula is C19H24N2O5S. The Morgan fingerprint density at radius 1 is 1.19 bits per heavy atom. The van der Waals surface area contributed by atoms with Gasteiger partial charge in [0.25, 0.3) is 0 Å². The summed E-state index contributed by atoms with van der Waals surface area (Å²) in [6, 6.07) is 5.50. The van der Waals surface area contributed by atoms with Crippen molar-refractivity contribution in [2.75, 3.05) is 14.2 Å². The molecule has 0 fully saturated rings. The second kappa shape index (κ2) is 8.85. The fraction of sp³-hybridized carbons (Fsp3) is 0.421. The summed E-state index contributed by atoms with van der Waals surface area (Å²) in [7, 11) is 3.13. The van der Waals surface area contributed by atoms with E-state index in [1.54, 1.807) is 20.3 Å². The summed E-state index contributed by atoms with van der Waals surface area (Å²) < 4.78 is 10.7. The number of carbonyl (C=O) groups excluding carboxylic acids is 1. The number of hydrogen-bond donors (Lipinski definition) is 2. The molecular weight excluding hydrogens is 368 g/mol. The lowest BCUT2D eigenvalue weighted by Crippen LogP contribution is -2.43. The lowest BCUT2D eigenvalue weighted by Gasteiger charge is -2.31. The number of carboxylic acid groups (broad SMARTS) is 1. The highest BCUT2D eigenvalue weighted by Gasteiger charge is 2.37. The van der Waals surface area contributed by atoms with E-state index < -0.39 is 11.4 Å². The van der Waals surface area contributed by atoms with Crippen LogP contribution < -0.4 is 14.8 Å². The predicted molar refractivity (Wildman–Crippen MR) is 103 cm³/mol. The minimum Gasteiger partial charge on any atom is -0.493 e. The number of amides is 1. The van der Waals surface area contributed by atoms with Crippen LogP contribution in [0.4, 0.5) is 0 Å². The van der Waals surface area contributed by atoms with Crippen molar-refractivity contribution in [1.29, 1.82) is 0 Å². The molecule has 0 saturated carbocycles. The Balaban J connectivity index is 2.25. The first kappa shape index (κ1) is 20.7. The van der Waals surface area contributed by atoms with Crippen LogP contribution in [0.5, 0.6) is 11.5 Å². The van der Waals surface area contributed by atoms with Gasteiger partial charge in [0, 0.05) is 5.38 Å². The maximum Gasteiger partial charge on any atom is 0.355 e. The van der Waals surface area contributed by atoms with Crippen molar-refractivity contribution in [2.45, 2.75) is 38.6 Å². The number of rotatable bonds is 9. The first-order valence-corrected chi connectivity index (χ1v) is 9.48. The summed E-state index contributed by atoms with van der Waals surface area (Å²) in [5.41, 5.74) is 0.0984. The summed E-state index contributed by atoms with van der Waals surface area (Å²) >= 11 is 1.21. The van der Waals surface area contributed by atoms with Gasteiger partial charge in [-0.25, -0.2) is 9.78 Å². The van der Waals surface area contributed by atoms with Crippen molar-refractivity contribution in [2.24, 2.45) is 0 Å². The van der Waals surface area contributed by atoms with Crippen molar-refractivity contribution >= 4 is 23.2 Å². The van der Waals surface area contributed by atoms with Gasteiger partial charge in [-0.05, 0) is 30.5 Å². The molecule has 0 aliphatic heterocycles. The number of methoxy groups -OCH3 is 2. The summed E-state index contributed by atoms with van der Waals surface area (Å²) in [5, 5.41) is 13.9. The molecule has 8 heteroatoms. The average molecular weight is 392 g/mol. The van der Waals surface area contributed by atoms with Crippen molar-refractivity contribution in [3.05, 3.63) is 39.8 Å². The van der Waals surface area contributed by atoms with Crippen LogP contribution in [0.15, 0.2) is 23.6 Å². The number of aromatic carboxylic acids is 1. The number of carbonyl (C=O) groups is 2. The number of nitrogens with one attached hydrogen (secondary N) is 1. The normalized spacial score (nSPS) is 11.1. The molecule has 27 heavy (non-hydrogen) atoms. The van der Waals surface area contributed by atoms with Gasteiger partial charge < -0.3 is 19.9 Å². The van der Waals surface area contributed by atoms with Crippen molar-refractivity contribution in [1.82, 2.24) is 10.3 Å². The maximum atomic E-state index is 13.1. The molecule has 0 bridgehead atoms. The standard InChI is InChI=1S/C19H24N2O5S/c1-5-19(6-2,12-7-8-14(25-3)15(9-12)26-4)18(24)20-10-16-21-13(11-27-16)17(22)23/h7-9,11H,5-6,10H2,1-4H3,(H,20,24)(H,22,23). The first-order valence-electron chi connectivity index (χ1n) is 8.60. The third-order valence-corrected chi connectivity index (χ3v) is 5.60. The maximum absolute atomic E-state index is 13.1. The summed E-state index contributed by atoms with van der Waals surface area (Å²) in [6.07, 6.45) is 1.20. The first-order chi connectivity index (χ1) is 12.9. The number of nitrogens with zero attached hydrogens (tertiary/aromatic N) is 1. The molecule has 0 aliphatic carbocycles. The number of carboxylic acids is 1. The molecule has 1 aromatic carbocycles. The fourth-order valence-corrected chi connectivity index (χ4v) is 3.77. The number of ether oxygens (including phenoxy) is 2. The Morgan fingerprint density at radius 2 is 1.85 bits per heavy atom. The van der Waals surface area contributed by atoms with E-state index in [0.717, 1.165) is 5.56 Å². The smallest absolute Gasteiger partial charge is 0.355 e. The third-order valence-electron chi connectivity index (χ3n) is 4.75. The van der Waals surface area contributed by atoms with Crippen LogP contribution in [-0.4, -0.2) is 36.2 Å². The van der Waals surface area contributed by atoms with Gasteiger partial charge in [-0.3, -0.25) is 4.79 Å². The second-order valence-electron chi connectivity index (χ2n) is 5.97. The van der Waals surface area contributed by atoms with Crippen LogP contribution in [0.25, 0.3) is 0 Å². The lowest BCUT2D eigenvalue weighted by atomic mass is 9.75. The summed E-state index contributed by atoms with van der Waals surface area (Å²) in [5.74, 6) is -0.0377. The van der Waals surface area contributed by atoms with Crippen molar-refractivity contribution < 1.29 is 24.2 Å². The van der Waals surface area contributed by atoms with Gasteiger partial charge in [-0.1, -0.05) is 19.9 Å². The van der Waals surface area contributed by atoms with Gasteiger partial charge in [-0.2, -0.15) is 0 Å². The lowest BCUT2D eigenvalue weighted by molar-refractivity contribution is -0.127. The molecule has 146 valence electrons. The topological polar surface area (TPSA) is 97.8 Å². The Bertz CT molecular complexity index is 814. The average Bonchev–Trinajstić information content (AvgIpc) is 3.17. The van der Waals surface area contributed by atoms with Gasteiger partial charge >= 0.3 is 5.97 Å². The molecule has 2 aromatic rings. The van der Waals surface area contributed by atoms with E-state index in [-0.39, 0.29) is 18.1 Å². The molecule has 0 atom stereocenters. The quantitative estimate of drug-likeness (QED) is 0.680. The minimum absolute atomic E-state index is 0.0126. The van der Waals surface area contributed by atoms with Gasteiger partial charge in [0.1, 0.15) is 5.01 Å². The second-order valence-corrected chi connectivity index (χ2v) is 6.92. The molecule has 2 rings (SSSR count). The number of hydrogen-bond acceptors (Lipinski definition) is 6. The highest BCUT2D eigenvalue weighted by Crippen LogP contribution is 2.37. The predicted octanol–water partition coefficient (Wildman–Crippen LogP) is 3.23. The van der Waals surface area contributed by atoms with E-state index in [2.05, 4.69) is 10.3 Å². The Hall–Kier alpha value is -2.61. The van der Waals surface area contributed by atoms with E-state index >= 15 is 0 Å². The summed E-state index contributed by atoms with van der Waals surface area (Å²) in [4.78, 5) is 28.0. The number of thiazole rings is 1. The van der Waals surface area contributed by atoms with Crippen LogP contribution >= 0.6 is 11.3 Å². The van der Waals surface area contributed by atoms with Gasteiger partial charge in [0.15, 0.2) is 17.2 Å². The van der Waals surface area contributed by atoms with Gasteiger partial charge in [0.05, 0.1) is 26.2 Å². The fourth-order valence-electron chi connectivity index (χ4n) is 3.06. The van der Waals surface area contributed by atoms with Crippen LogP contribution in [-0.2, 0) is 16.8 Å². The van der Waals surface area contributed by atoms with Crippen LogP contribution in [0.1, 0.15) is 47.7 Å². The monoisotopic (exact) mass is 392 g/mol. The zero-order chi connectivity index (χ0) is 20.0. The van der Waals surface area contributed by atoms with E-state index in [0.29, 0.717) is 29.3 Å². The molecule has 2 N–H and O–H groups in total. The van der Waals surface area contributed by atoms with Gasteiger partial charge in [0.2, 0.25) is 5.91 Å². The van der Waals surface area contributed by atoms with Crippen LogP contribution in [0.3, 0.4) is 0 Å². The molecule has 0 aliphatic rings.